The van der Waals surface area contributed by atoms with E-state index in [9.17, 15) is 9.59 Å². The first-order chi connectivity index (χ1) is 13.1. The second kappa shape index (κ2) is 9.34. The number of benzene rings is 2. The van der Waals surface area contributed by atoms with E-state index in [4.69, 9.17) is 0 Å². The van der Waals surface area contributed by atoms with Gasteiger partial charge in [0.15, 0.2) is 5.13 Å². The van der Waals surface area contributed by atoms with Gasteiger partial charge in [-0.1, -0.05) is 42.5 Å². The third-order valence-corrected chi connectivity index (χ3v) is 5.33. The Labute approximate surface area is 166 Å². The Hall–Kier alpha value is -2.64. The summed E-state index contributed by atoms with van der Waals surface area (Å²) >= 11 is 2.90. The number of hydrogen-bond acceptors (Lipinski definition) is 5. The van der Waals surface area contributed by atoms with Crippen LogP contribution in [0.3, 0.4) is 0 Å². The maximum Gasteiger partial charge on any atom is 0.230 e. The van der Waals surface area contributed by atoms with E-state index >= 15 is 0 Å². The van der Waals surface area contributed by atoms with Gasteiger partial charge in [-0.05, 0) is 24.0 Å². The van der Waals surface area contributed by atoms with Gasteiger partial charge in [-0.15, -0.1) is 23.1 Å². The predicted molar refractivity (Wildman–Crippen MR) is 111 cm³/mol. The Morgan fingerprint density at radius 1 is 0.963 bits per heavy atom. The van der Waals surface area contributed by atoms with Crippen molar-refractivity contribution in [2.45, 2.75) is 17.7 Å². The number of thioether (sulfide) groups is 1. The van der Waals surface area contributed by atoms with Crippen LogP contribution in [0.2, 0.25) is 0 Å². The standard InChI is InChI=1S/C20H19N3O2S2/c1-26-17-10-6-5-9-16(17)22-19(25)12-15-13-27-20(21-15)23-18(24)11-14-7-3-2-4-8-14/h2-10,13H,11-12H2,1H3,(H,22,25)(H,21,23,24). The Balaban J connectivity index is 1.54. The third-order valence-electron chi connectivity index (χ3n) is 3.73. The van der Waals surface area contributed by atoms with Crippen LogP contribution in [0, 0.1) is 0 Å². The summed E-state index contributed by atoms with van der Waals surface area (Å²) in [6.45, 7) is 0. The highest BCUT2D eigenvalue weighted by Crippen LogP contribution is 2.25. The minimum atomic E-state index is -0.135. The van der Waals surface area contributed by atoms with Crippen molar-refractivity contribution in [1.29, 1.82) is 0 Å². The molecule has 0 aliphatic rings. The van der Waals surface area contributed by atoms with Crippen LogP contribution in [0.15, 0.2) is 64.9 Å². The summed E-state index contributed by atoms with van der Waals surface area (Å²) in [7, 11) is 0. The molecule has 138 valence electrons. The van der Waals surface area contributed by atoms with E-state index in [1.165, 1.54) is 11.3 Å². The number of thiazole rings is 1. The Morgan fingerprint density at radius 2 is 1.67 bits per heavy atom. The van der Waals surface area contributed by atoms with E-state index in [1.807, 2.05) is 60.9 Å². The molecule has 1 heterocycles. The Morgan fingerprint density at radius 3 is 2.44 bits per heavy atom. The summed E-state index contributed by atoms with van der Waals surface area (Å²) < 4.78 is 0. The molecule has 0 radical (unpaired) electrons. The molecule has 1 aromatic heterocycles. The van der Waals surface area contributed by atoms with Crippen molar-refractivity contribution in [3.8, 4) is 0 Å². The van der Waals surface area contributed by atoms with Crippen LogP contribution in [0.4, 0.5) is 10.8 Å². The molecule has 3 aromatic rings. The van der Waals surface area contributed by atoms with Crippen molar-refractivity contribution < 1.29 is 9.59 Å². The van der Waals surface area contributed by atoms with Crippen LogP contribution in [-0.2, 0) is 22.4 Å². The zero-order valence-electron chi connectivity index (χ0n) is 14.8. The van der Waals surface area contributed by atoms with E-state index in [2.05, 4.69) is 15.6 Å². The minimum absolute atomic E-state index is 0.125. The van der Waals surface area contributed by atoms with Gasteiger partial charge in [-0.2, -0.15) is 0 Å². The lowest BCUT2D eigenvalue weighted by Gasteiger charge is -2.08. The normalized spacial score (nSPS) is 10.4. The SMILES string of the molecule is CSc1ccccc1NC(=O)Cc1csc(NC(=O)Cc2ccccc2)n1. The van der Waals surface area contributed by atoms with E-state index in [-0.39, 0.29) is 18.2 Å². The van der Waals surface area contributed by atoms with E-state index in [0.717, 1.165) is 16.1 Å². The summed E-state index contributed by atoms with van der Waals surface area (Å²) in [4.78, 5) is 29.7. The lowest BCUT2D eigenvalue weighted by molar-refractivity contribution is -0.116. The van der Waals surface area contributed by atoms with Crippen molar-refractivity contribution in [2.24, 2.45) is 0 Å². The molecule has 0 aliphatic heterocycles. The average Bonchev–Trinajstić information content (AvgIpc) is 3.09. The highest BCUT2D eigenvalue weighted by Gasteiger charge is 2.11. The van der Waals surface area contributed by atoms with Crippen LogP contribution < -0.4 is 10.6 Å². The predicted octanol–water partition coefficient (Wildman–Crippen LogP) is 4.23. The Bertz CT molecular complexity index is 926. The minimum Gasteiger partial charge on any atom is -0.325 e. The lowest BCUT2D eigenvalue weighted by Crippen LogP contribution is -2.16. The molecule has 0 fully saturated rings. The van der Waals surface area contributed by atoms with Gasteiger partial charge in [0.25, 0.3) is 0 Å². The van der Waals surface area contributed by atoms with Crippen molar-refractivity contribution >= 4 is 45.7 Å². The zero-order chi connectivity index (χ0) is 19.1. The maximum absolute atomic E-state index is 12.3. The van der Waals surface area contributed by atoms with Gasteiger partial charge < -0.3 is 10.6 Å². The van der Waals surface area contributed by atoms with Gasteiger partial charge in [-0.25, -0.2) is 4.98 Å². The van der Waals surface area contributed by atoms with Crippen LogP contribution in [-0.4, -0.2) is 23.1 Å². The second-order valence-electron chi connectivity index (χ2n) is 5.78. The largest absolute Gasteiger partial charge is 0.325 e. The third kappa shape index (κ3) is 5.67. The van der Waals surface area contributed by atoms with Crippen LogP contribution in [0.25, 0.3) is 0 Å². The van der Waals surface area contributed by atoms with Crippen molar-refractivity contribution in [1.82, 2.24) is 4.98 Å². The fourth-order valence-electron chi connectivity index (χ4n) is 2.50. The molecule has 2 aromatic carbocycles. The number of carbonyl (C=O) groups is 2. The van der Waals surface area contributed by atoms with Crippen molar-refractivity contribution in [3.05, 3.63) is 71.2 Å². The topological polar surface area (TPSA) is 71.1 Å². The number of nitrogens with one attached hydrogen (secondary N) is 2. The van der Waals surface area contributed by atoms with Crippen LogP contribution >= 0.6 is 23.1 Å². The number of anilines is 2. The fraction of sp³-hybridized carbons (Fsp3) is 0.150. The smallest absolute Gasteiger partial charge is 0.230 e. The summed E-state index contributed by atoms with van der Waals surface area (Å²) in [5.74, 6) is -0.260. The quantitative estimate of drug-likeness (QED) is 0.586. The molecule has 0 unspecified atom stereocenters. The first-order valence-electron chi connectivity index (χ1n) is 8.35. The Kier molecular flexibility index (Phi) is 6.62. The second-order valence-corrected chi connectivity index (χ2v) is 7.49. The molecular weight excluding hydrogens is 378 g/mol. The summed E-state index contributed by atoms with van der Waals surface area (Å²) in [5, 5.41) is 7.99. The number of nitrogens with zero attached hydrogens (tertiary/aromatic N) is 1. The molecule has 0 saturated carbocycles. The molecule has 2 N–H and O–H groups in total. The molecular formula is C20H19N3O2S2. The molecule has 2 amide bonds. The molecule has 0 spiro atoms. The molecule has 3 rings (SSSR count). The lowest BCUT2D eigenvalue weighted by atomic mass is 10.1. The van der Waals surface area contributed by atoms with Gasteiger partial charge in [0.05, 0.1) is 24.2 Å². The number of para-hydroxylation sites is 1. The van der Waals surface area contributed by atoms with Crippen LogP contribution in [0.5, 0.6) is 0 Å². The van der Waals surface area contributed by atoms with Crippen molar-refractivity contribution in [2.75, 3.05) is 16.9 Å². The van der Waals surface area contributed by atoms with E-state index in [1.54, 1.807) is 17.1 Å². The first kappa shape index (κ1) is 19.1. The fourth-order valence-corrected chi connectivity index (χ4v) is 3.78. The molecule has 7 heteroatoms. The number of rotatable bonds is 7. The zero-order valence-corrected chi connectivity index (χ0v) is 16.4. The number of aromatic nitrogens is 1. The number of hydrogen-bond donors (Lipinski definition) is 2. The average molecular weight is 398 g/mol. The van der Waals surface area contributed by atoms with Crippen molar-refractivity contribution in [3.63, 3.8) is 0 Å². The molecule has 0 bridgehead atoms. The van der Waals surface area contributed by atoms with Gasteiger partial charge >= 0.3 is 0 Å². The highest BCUT2D eigenvalue weighted by atomic mass is 32.2. The van der Waals surface area contributed by atoms with Crippen LogP contribution in [0.1, 0.15) is 11.3 Å². The number of carbonyl (C=O) groups excluding carboxylic acids is 2. The highest BCUT2D eigenvalue weighted by molar-refractivity contribution is 7.98. The summed E-state index contributed by atoms with van der Waals surface area (Å²) in [5.41, 5.74) is 2.37. The number of amides is 2. The molecule has 0 saturated heterocycles. The summed E-state index contributed by atoms with van der Waals surface area (Å²) in [6, 6.07) is 17.2. The van der Waals surface area contributed by atoms with E-state index in [0.29, 0.717) is 17.2 Å². The van der Waals surface area contributed by atoms with Gasteiger partial charge in [0.2, 0.25) is 11.8 Å². The van der Waals surface area contributed by atoms with E-state index < -0.39 is 0 Å². The monoisotopic (exact) mass is 397 g/mol. The van der Waals surface area contributed by atoms with Gasteiger partial charge in [0.1, 0.15) is 0 Å². The molecule has 5 nitrogen and oxygen atoms in total. The molecule has 0 atom stereocenters. The maximum atomic E-state index is 12.3. The summed E-state index contributed by atoms with van der Waals surface area (Å²) in [6.07, 6.45) is 2.42. The first-order valence-corrected chi connectivity index (χ1v) is 10.5. The van der Waals surface area contributed by atoms with Gasteiger partial charge in [-0.3, -0.25) is 9.59 Å². The molecule has 27 heavy (non-hydrogen) atoms. The molecule has 0 aliphatic carbocycles. The van der Waals surface area contributed by atoms with Gasteiger partial charge in [0, 0.05) is 10.3 Å².